The molecular weight excluding hydrogens is 425 g/mol. The summed E-state index contributed by atoms with van der Waals surface area (Å²) in [5.41, 5.74) is 0. The van der Waals surface area contributed by atoms with E-state index in [9.17, 15) is 17.8 Å². The number of hydrogen-bond acceptors (Lipinski definition) is 4. The van der Waals surface area contributed by atoms with Gasteiger partial charge in [0.1, 0.15) is 0 Å². The minimum atomic E-state index is -4.18. The fourth-order valence-electron chi connectivity index (χ4n) is 3.62. The molecule has 0 aromatic heterocycles. The van der Waals surface area contributed by atoms with Gasteiger partial charge in [0, 0.05) is 25.8 Å². The maximum atomic E-state index is 11.9. The Morgan fingerprint density at radius 2 is 1.07 bits per heavy atom. The average Bonchev–Trinajstić information content (AvgIpc) is 2.66. The number of amides is 1. The van der Waals surface area contributed by atoms with Crippen molar-refractivity contribution in [3.05, 3.63) is 0 Å². The summed E-state index contributed by atoms with van der Waals surface area (Å²) < 4.78 is 31.7. The second kappa shape index (κ2) is 23.2. The molecule has 0 saturated heterocycles. The van der Waals surface area contributed by atoms with Crippen LogP contribution in [0.15, 0.2) is 0 Å². The molecule has 0 aliphatic rings. The van der Waals surface area contributed by atoms with E-state index >= 15 is 0 Å². The van der Waals surface area contributed by atoms with Crippen LogP contribution in [0.1, 0.15) is 122 Å². The normalized spacial score (nSPS) is 11.3. The van der Waals surface area contributed by atoms with Gasteiger partial charge in [0.15, 0.2) is 0 Å². The summed E-state index contributed by atoms with van der Waals surface area (Å²) in [4.78, 5) is 13.5. The van der Waals surface area contributed by atoms with E-state index in [0.717, 1.165) is 12.8 Å². The Hall–Kier alpha value is 1.02. The molecule has 0 radical (unpaired) electrons. The zero-order valence-electron chi connectivity index (χ0n) is 20.1. The summed E-state index contributed by atoms with van der Waals surface area (Å²) in [7, 11) is -2.51. The molecule has 0 unspecified atom stereocenters. The quantitative estimate of drug-likeness (QED) is 0.146. The van der Waals surface area contributed by atoms with E-state index < -0.39 is 15.9 Å². The van der Waals surface area contributed by atoms with Gasteiger partial charge in [-0.2, -0.15) is 0 Å². The third-order valence-corrected chi connectivity index (χ3v) is 6.35. The van der Waals surface area contributed by atoms with Crippen LogP contribution in [0.25, 0.3) is 0 Å². The van der Waals surface area contributed by atoms with Gasteiger partial charge in [0.25, 0.3) is 0 Å². The maximum absolute atomic E-state index is 11.9. The van der Waals surface area contributed by atoms with Crippen molar-refractivity contribution in [2.24, 2.45) is 0 Å². The van der Waals surface area contributed by atoms with Crippen LogP contribution in [-0.2, 0) is 14.9 Å². The van der Waals surface area contributed by atoms with Crippen molar-refractivity contribution in [3.63, 3.8) is 0 Å². The number of rotatable bonds is 21. The van der Waals surface area contributed by atoms with Gasteiger partial charge in [-0.3, -0.25) is 4.79 Å². The molecule has 5 nitrogen and oxygen atoms in total. The van der Waals surface area contributed by atoms with Gasteiger partial charge >= 0.3 is 51.4 Å². The zero-order chi connectivity index (χ0) is 21.8. The van der Waals surface area contributed by atoms with Crippen LogP contribution in [0.4, 0.5) is 0 Å². The van der Waals surface area contributed by atoms with Crippen LogP contribution in [0.5, 0.6) is 0 Å². The van der Waals surface area contributed by atoms with E-state index in [2.05, 4.69) is 6.92 Å². The molecule has 0 aromatic rings. The van der Waals surface area contributed by atoms with Crippen molar-refractivity contribution >= 4 is 16.0 Å². The minimum Gasteiger partial charge on any atom is -0.748 e. The van der Waals surface area contributed by atoms with E-state index in [1.54, 1.807) is 7.05 Å². The Bertz CT molecular complexity index is 486. The molecule has 0 aromatic carbocycles. The molecule has 30 heavy (non-hydrogen) atoms. The molecule has 0 N–H and O–H groups in total. The van der Waals surface area contributed by atoms with E-state index in [1.807, 2.05) is 0 Å². The molecule has 0 heterocycles. The predicted molar refractivity (Wildman–Crippen MR) is 121 cm³/mol. The fraction of sp³-hybridized carbons (Fsp3) is 0.957. The number of nitrogens with zero attached hydrogens (tertiary/aromatic N) is 1. The standard InChI is InChI=1S/C23H47NO4S.K/c1-3-4-5-6-7-8-9-10-11-12-13-14-15-16-17-18-20-23(25)24(2)21-19-22-29(26,27)28;/h3-22H2,1-2H3,(H,26,27,28);/q;+1/p-1. The van der Waals surface area contributed by atoms with Crippen LogP contribution in [0.3, 0.4) is 0 Å². The molecule has 0 rings (SSSR count). The molecular formula is C23H46KNO4S. The first kappa shape index (κ1) is 33.2. The van der Waals surface area contributed by atoms with Gasteiger partial charge in [0.2, 0.25) is 5.91 Å². The summed E-state index contributed by atoms with van der Waals surface area (Å²) in [5, 5.41) is 0. The van der Waals surface area contributed by atoms with Crippen molar-refractivity contribution in [2.45, 2.75) is 122 Å². The Morgan fingerprint density at radius 1 is 0.700 bits per heavy atom. The van der Waals surface area contributed by atoms with Crippen molar-refractivity contribution in [3.8, 4) is 0 Å². The monoisotopic (exact) mass is 471 g/mol. The number of carbonyl (C=O) groups excluding carboxylic acids is 1. The Morgan fingerprint density at radius 3 is 1.43 bits per heavy atom. The third kappa shape index (κ3) is 25.3. The SMILES string of the molecule is CCCCCCCCCCCCCCCCCCC(=O)N(C)CCCS(=O)(=O)[O-].[K+]. The molecule has 0 atom stereocenters. The maximum Gasteiger partial charge on any atom is 1.00 e. The van der Waals surface area contributed by atoms with Crippen LogP contribution < -0.4 is 51.4 Å². The van der Waals surface area contributed by atoms with E-state index in [4.69, 9.17) is 0 Å². The van der Waals surface area contributed by atoms with Gasteiger partial charge in [-0.15, -0.1) is 0 Å². The largest absolute Gasteiger partial charge is 1.00 e. The second-order valence-corrected chi connectivity index (χ2v) is 10.0. The van der Waals surface area contributed by atoms with Gasteiger partial charge in [0.05, 0.1) is 10.1 Å². The predicted octanol–water partition coefficient (Wildman–Crippen LogP) is 3.04. The van der Waals surface area contributed by atoms with E-state index in [1.165, 1.54) is 94.8 Å². The molecule has 0 saturated carbocycles. The van der Waals surface area contributed by atoms with Gasteiger partial charge in [-0.1, -0.05) is 103 Å². The molecule has 0 spiro atoms. The van der Waals surface area contributed by atoms with Crippen molar-refractivity contribution in [1.29, 1.82) is 0 Å². The summed E-state index contributed by atoms with van der Waals surface area (Å²) in [6, 6.07) is 0. The molecule has 7 heteroatoms. The van der Waals surface area contributed by atoms with E-state index in [-0.39, 0.29) is 63.7 Å². The van der Waals surface area contributed by atoms with Gasteiger partial charge < -0.3 is 9.45 Å². The molecule has 1 amide bonds. The smallest absolute Gasteiger partial charge is 0.748 e. The van der Waals surface area contributed by atoms with E-state index in [0.29, 0.717) is 13.0 Å². The molecule has 0 fully saturated rings. The first-order valence-corrected chi connectivity index (χ1v) is 13.6. The topological polar surface area (TPSA) is 77.5 Å². The van der Waals surface area contributed by atoms with Crippen LogP contribution in [0, 0.1) is 0 Å². The van der Waals surface area contributed by atoms with Crippen molar-refractivity contribution in [1.82, 2.24) is 4.90 Å². The Labute approximate surface area is 229 Å². The van der Waals surface area contributed by atoms with Crippen molar-refractivity contribution in [2.75, 3.05) is 19.3 Å². The van der Waals surface area contributed by atoms with Crippen LogP contribution >= 0.6 is 0 Å². The van der Waals surface area contributed by atoms with Gasteiger partial charge in [-0.25, -0.2) is 8.42 Å². The average molecular weight is 472 g/mol. The minimum absolute atomic E-state index is 0. The number of carbonyl (C=O) groups is 1. The van der Waals surface area contributed by atoms with Crippen molar-refractivity contribution < 1.29 is 69.1 Å². The van der Waals surface area contributed by atoms with Crippen LogP contribution in [-0.4, -0.2) is 43.1 Å². The summed E-state index contributed by atoms with van der Waals surface area (Å²) in [6.07, 6.45) is 21.7. The Balaban J connectivity index is 0. The first-order valence-electron chi connectivity index (χ1n) is 12.0. The second-order valence-electron chi connectivity index (χ2n) is 8.48. The molecule has 0 bridgehead atoms. The number of hydrogen-bond donors (Lipinski definition) is 0. The third-order valence-electron chi connectivity index (χ3n) is 5.56. The zero-order valence-corrected chi connectivity index (χ0v) is 24.1. The number of unbranched alkanes of at least 4 members (excludes halogenated alkanes) is 15. The van der Waals surface area contributed by atoms with Crippen LogP contribution in [0.2, 0.25) is 0 Å². The summed E-state index contributed by atoms with van der Waals surface area (Å²) in [5.74, 6) is -0.359. The molecule has 0 aliphatic heterocycles. The first-order chi connectivity index (χ1) is 13.9. The molecule has 174 valence electrons. The fourth-order valence-corrected chi connectivity index (χ4v) is 4.10. The van der Waals surface area contributed by atoms with Gasteiger partial charge in [-0.05, 0) is 12.8 Å². The summed E-state index contributed by atoms with van der Waals surface area (Å²) >= 11 is 0. The summed E-state index contributed by atoms with van der Waals surface area (Å²) in [6.45, 7) is 2.60. The molecule has 0 aliphatic carbocycles. The Kier molecular flexibility index (Phi) is 25.6.